The molecular weight excluding hydrogens is 735 g/mol. The van der Waals surface area contributed by atoms with Crippen LogP contribution in [0, 0.1) is 17.9 Å². The van der Waals surface area contributed by atoms with E-state index in [0.29, 0.717) is 17.1 Å². The van der Waals surface area contributed by atoms with Crippen molar-refractivity contribution in [1.29, 1.82) is 5.26 Å². The largest absolute Gasteiger partial charge is 0.455 e. The second kappa shape index (κ2) is 14.1. The van der Waals surface area contributed by atoms with Crippen LogP contribution in [0.4, 0.5) is 5.69 Å². The van der Waals surface area contributed by atoms with Crippen LogP contribution in [0.2, 0.25) is 0 Å². The Labute approximate surface area is 345 Å². The maximum absolute atomic E-state index is 9.85. The van der Waals surface area contributed by atoms with Crippen molar-refractivity contribution in [1.82, 2.24) is 14.5 Å². The number of fused-ring (bicyclic) bond motifs is 7. The Bertz CT molecular complexity index is 3400. The van der Waals surface area contributed by atoms with Gasteiger partial charge in [0.25, 0.3) is 0 Å². The number of aromatic nitrogens is 3. The number of para-hydroxylation sites is 2. The summed E-state index contributed by atoms with van der Waals surface area (Å²) in [5.74, 6) is 0.621. The van der Waals surface area contributed by atoms with Crippen LogP contribution in [0.5, 0.6) is 0 Å². The molecule has 0 atom stereocenters. The van der Waals surface area contributed by atoms with Gasteiger partial charge in [0.1, 0.15) is 11.2 Å². The number of hydrogen-bond acceptors (Lipinski definition) is 4. The molecule has 0 bridgehead atoms. The van der Waals surface area contributed by atoms with E-state index in [2.05, 4.69) is 88.3 Å². The van der Waals surface area contributed by atoms with Crippen molar-refractivity contribution in [2.24, 2.45) is 0 Å². The van der Waals surface area contributed by atoms with E-state index in [4.69, 9.17) is 21.0 Å². The minimum Gasteiger partial charge on any atom is -0.455 e. The molecule has 0 aliphatic rings. The van der Waals surface area contributed by atoms with Gasteiger partial charge in [0, 0.05) is 44.0 Å². The van der Waals surface area contributed by atoms with Gasteiger partial charge in [-0.1, -0.05) is 133 Å². The van der Waals surface area contributed by atoms with Gasteiger partial charge in [0.15, 0.2) is 11.5 Å². The highest BCUT2D eigenvalue weighted by molar-refractivity contribution is 6.24. The minimum absolute atomic E-state index is 0.559. The highest BCUT2D eigenvalue weighted by Crippen LogP contribution is 2.46. The minimum atomic E-state index is 0.559. The van der Waals surface area contributed by atoms with Crippen LogP contribution in [-0.4, -0.2) is 14.5 Å². The quantitative estimate of drug-likeness (QED) is 0.158. The lowest BCUT2D eigenvalue weighted by Gasteiger charge is -2.21. The van der Waals surface area contributed by atoms with E-state index in [1.165, 1.54) is 0 Å². The molecule has 0 saturated carbocycles. The van der Waals surface area contributed by atoms with Crippen molar-refractivity contribution in [3.8, 4) is 67.9 Å². The van der Waals surface area contributed by atoms with E-state index in [-0.39, 0.29) is 0 Å². The lowest BCUT2D eigenvalue weighted by atomic mass is 9.91. The van der Waals surface area contributed by atoms with E-state index in [0.717, 1.165) is 99.8 Å². The summed E-state index contributed by atoms with van der Waals surface area (Å²) in [6.45, 7) is 7.74. The van der Waals surface area contributed by atoms with Crippen molar-refractivity contribution >= 4 is 49.4 Å². The van der Waals surface area contributed by atoms with Crippen LogP contribution in [0.25, 0.3) is 110 Å². The highest BCUT2D eigenvalue weighted by atomic mass is 16.3. The van der Waals surface area contributed by atoms with E-state index < -0.39 is 0 Å². The molecule has 0 amide bonds. The molecule has 6 heteroatoms. The van der Waals surface area contributed by atoms with Gasteiger partial charge in [0.05, 0.1) is 51.7 Å². The lowest BCUT2D eigenvalue weighted by molar-refractivity contribution is 0.673. The van der Waals surface area contributed by atoms with Crippen LogP contribution in [0.1, 0.15) is 5.56 Å². The van der Waals surface area contributed by atoms with Crippen LogP contribution in [0.3, 0.4) is 0 Å². The first-order valence-corrected chi connectivity index (χ1v) is 19.7. The standard InChI is InChI=1S/C54H31N5O/c1-56-40-26-24-36(25-27-40)45-31-39(47-32-46(37-12-4-2-5-13-37)57-54(58-47)38-14-6-3-7-15-38)30-44(35-22-20-34(33-55)21-23-35)52(45)59-48-18-10-8-17-43(48)51-49(59)29-28-42-41-16-9-11-19-50(41)60-53(42)51/h2-32H. The third-order valence-corrected chi connectivity index (χ3v) is 11.3. The topological polar surface area (TPSA) is 72.0 Å². The predicted molar refractivity (Wildman–Crippen MR) is 242 cm³/mol. The molecule has 3 heterocycles. The summed E-state index contributed by atoms with van der Waals surface area (Å²) in [7, 11) is 0. The van der Waals surface area contributed by atoms with E-state index in [1.807, 2.05) is 115 Å². The summed E-state index contributed by atoms with van der Waals surface area (Å²) in [6.07, 6.45) is 0. The molecule has 0 aliphatic carbocycles. The zero-order valence-corrected chi connectivity index (χ0v) is 32.0. The summed E-state index contributed by atoms with van der Waals surface area (Å²) in [5.41, 5.74) is 13.9. The van der Waals surface area contributed by atoms with Gasteiger partial charge in [-0.05, 0) is 65.7 Å². The second-order valence-corrected chi connectivity index (χ2v) is 14.7. The summed E-state index contributed by atoms with van der Waals surface area (Å²) in [5, 5.41) is 14.1. The molecule has 0 spiro atoms. The molecule has 8 aromatic carbocycles. The molecule has 0 fully saturated rings. The van der Waals surface area contributed by atoms with Gasteiger partial charge in [-0.15, -0.1) is 0 Å². The van der Waals surface area contributed by atoms with Crippen LogP contribution in [0.15, 0.2) is 192 Å². The predicted octanol–water partition coefficient (Wildman–Crippen LogP) is 14.2. The number of rotatable bonds is 6. The summed E-state index contributed by atoms with van der Waals surface area (Å²) in [6, 6.07) is 65.6. The van der Waals surface area contributed by atoms with Crippen LogP contribution in [-0.2, 0) is 0 Å². The normalized spacial score (nSPS) is 11.3. The Morgan fingerprint density at radius 2 is 1.12 bits per heavy atom. The zero-order valence-electron chi connectivity index (χ0n) is 32.0. The third-order valence-electron chi connectivity index (χ3n) is 11.3. The lowest BCUT2D eigenvalue weighted by Crippen LogP contribution is -2.03. The Kier molecular flexibility index (Phi) is 8.15. The van der Waals surface area contributed by atoms with E-state index in [9.17, 15) is 5.26 Å². The molecule has 0 radical (unpaired) electrons. The maximum Gasteiger partial charge on any atom is 0.187 e. The number of nitriles is 1. The first kappa shape index (κ1) is 34.7. The number of furan rings is 1. The molecule has 0 saturated heterocycles. The number of benzene rings is 8. The highest BCUT2D eigenvalue weighted by Gasteiger charge is 2.25. The average molecular weight is 766 g/mol. The van der Waals surface area contributed by atoms with Gasteiger partial charge >= 0.3 is 0 Å². The first-order chi connectivity index (χ1) is 29.6. The molecule has 278 valence electrons. The van der Waals surface area contributed by atoms with E-state index >= 15 is 0 Å². The first-order valence-electron chi connectivity index (χ1n) is 19.7. The smallest absolute Gasteiger partial charge is 0.187 e. The molecule has 11 rings (SSSR count). The Hall–Kier alpha value is -8.58. The zero-order chi connectivity index (χ0) is 40.2. The van der Waals surface area contributed by atoms with Gasteiger partial charge in [-0.25, -0.2) is 14.8 Å². The number of nitrogens with zero attached hydrogens (tertiary/aromatic N) is 5. The summed E-state index contributed by atoms with van der Waals surface area (Å²) >= 11 is 0. The van der Waals surface area contributed by atoms with Gasteiger partial charge in [0.2, 0.25) is 0 Å². The van der Waals surface area contributed by atoms with Crippen molar-refractivity contribution in [3.05, 3.63) is 205 Å². The van der Waals surface area contributed by atoms with Crippen molar-refractivity contribution in [2.45, 2.75) is 0 Å². The molecular formula is C54H31N5O. The molecule has 0 N–H and O–H groups in total. The van der Waals surface area contributed by atoms with Crippen LogP contribution >= 0.6 is 0 Å². The van der Waals surface area contributed by atoms with Gasteiger partial charge in [-0.2, -0.15) is 5.26 Å². The summed E-state index contributed by atoms with van der Waals surface area (Å²) < 4.78 is 9.03. The fraction of sp³-hybridized carbons (Fsp3) is 0. The fourth-order valence-corrected chi connectivity index (χ4v) is 8.45. The molecule has 0 unspecified atom stereocenters. The van der Waals surface area contributed by atoms with Gasteiger partial charge < -0.3 is 8.98 Å². The summed E-state index contributed by atoms with van der Waals surface area (Å²) in [4.78, 5) is 14.1. The Balaban J connectivity index is 1.28. The molecule has 60 heavy (non-hydrogen) atoms. The number of hydrogen-bond donors (Lipinski definition) is 0. The van der Waals surface area contributed by atoms with Crippen molar-refractivity contribution in [3.63, 3.8) is 0 Å². The molecule has 3 aromatic heterocycles. The fourth-order valence-electron chi connectivity index (χ4n) is 8.45. The molecule has 0 aliphatic heterocycles. The SMILES string of the molecule is [C-]#[N+]c1ccc(-c2cc(-c3cc(-c4ccccc4)nc(-c4ccccc4)n3)cc(-c3ccc(C#N)cc3)c2-n2c3ccccc3c3c4oc5ccccc5c4ccc32)cc1. The molecule has 11 aromatic rings. The second-order valence-electron chi connectivity index (χ2n) is 14.7. The van der Waals surface area contributed by atoms with E-state index in [1.54, 1.807) is 0 Å². The maximum atomic E-state index is 9.85. The van der Waals surface area contributed by atoms with Crippen LogP contribution < -0.4 is 0 Å². The third kappa shape index (κ3) is 5.71. The Morgan fingerprint density at radius 1 is 0.517 bits per heavy atom. The monoisotopic (exact) mass is 765 g/mol. The molecule has 6 nitrogen and oxygen atoms in total. The van der Waals surface area contributed by atoms with Crippen molar-refractivity contribution < 1.29 is 4.42 Å². The Morgan fingerprint density at radius 3 is 1.80 bits per heavy atom. The van der Waals surface area contributed by atoms with Crippen molar-refractivity contribution in [2.75, 3.05) is 0 Å². The average Bonchev–Trinajstić information content (AvgIpc) is 3.87. The van der Waals surface area contributed by atoms with Gasteiger partial charge in [-0.3, -0.25) is 0 Å².